The number of hydrogen-bond donors (Lipinski definition) is 2. The molecule has 0 spiro atoms. The number of rotatable bonds is 3. The Balaban J connectivity index is 1.64. The van der Waals surface area contributed by atoms with Gasteiger partial charge in [0.15, 0.2) is 5.17 Å². The Kier molecular flexibility index (Phi) is 3.28. The van der Waals surface area contributed by atoms with E-state index in [4.69, 9.17) is 5.14 Å². The SMILES string of the molecule is NS(=O)(=O)c1ccc(NC2=NCC(C3CC3)S2)cc1. The first kappa shape index (κ1) is 13.0. The molecule has 1 atom stereocenters. The molecule has 1 heterocycles. The van der Waals surface area contributed by atoms with Crippen LogP contribution in [0.3, 0.4) is 0 Å². The van der Waals surface area contributed by atoms with Crippen LogP contribution in [0.1, 0.15) is 12.8 Å². The highest BCUT2D eigenvalue weighted by molar-refractivity contribution is 8.15. The number of nitrogens with two attached hydrogens (primary N) is 1. The van der Waals surface area contributed by atoms with Crippen molar-refractivity contribution in [2.45, 2.75) is 23.0 Å². The number of sulfonamides is 1. The van der Waals surface area contributed by atoms with E-state index < -0.39 is 10.0 Å². The van der Waals surface area contributed by atoms with Crippen molar-refractivity contribution in [2.24, 2.45) is 16.0 Å². The van der Waals surface area contributed by atoms with Crippen molar-refractivity contribution < 1.29 is 8.42 Å². The first-order valence-corrected chi connectivity index (χ1v) is 8.56. The molecule has 1 aromatic rings. The Morgan fingerprint density at radius 1 is 1.26 bits per heavy atom. The van der Waals surface area contributed by atoms with E-state index in [1.807, 2.05) is 0 Å². The van der Waals surface area contributed by atoms with Crippen LogP contribution < -0.4 is 10.5 Å². The normalized spacial score (nSPS) is 23.2. The summed E-state index contributed by atoms with van der Waals surface area (Å²) in [6.07, 6.45) is 2.65. The zero-order valence-electron chi connectivity index (χ0n) is 10.2. The van der Waals surface area contributed by atoms with Crippen LogP contribution in [0.15, 0.2) is 34.2 Å². The van der Waals surface area contributed by atoms with Crippen molar-refractivity contribution in [1.29, 1.82) is 0 Å². The average Bonchev–Trinajstić information content (AvgIpc) is 3.10. The van der Waals surface area contributed by atoms with E-state index in [1.54, 1.807) is 23.9 Å². The number of anilines is 1. The zero-order valence-corrected chi connectivity index (χ0v) is 11.9. The molecule has 19 heavy (non-hydrogen) atoms. The maximum atomic E-state index is 11.1. The summed E-state index contributed by atoms with van der Waals surface area (Å²) in [5.41, 5.74) is 0.829. The Morgan fingerprint density at radius 3 is 2.53 bits per heavy atom. The second kappa shape index (κ2) is 4.81. The predicted molar refractivity (Wildman–Crippen MR) is 77.8 cm³/mol. The third-order valence-corrected chi connectivity index (χ3v) is 5.48. The van der Waals surface area contributed by atoms with Gasteiger partial charge in [0.2, 0.25) is 10.0 Å². The van der Waals surface area contributed by atoms with Crippen molar-refractivity contribution in [2.75, 3.05) is 11.9 Å². The molecule has 0 amide bonds. The minimum absolute atomic E-state index is 0.120. The fourth-order valence-electron chi connectivity index (χ4n) is 2.02. The summed E-state index contributed by atoms with van der Waals surface area (Å²) >= 11 is 1.78. The molecular weight excluding hydrogens is 282 g/mol. The molecule has 1 fully saturated rings. The van der Waals surface area contributed by atoms with E-state index in [9.17, 15) is 8.42 Å². The summed E-state index contributed by atoms with van der Waals surface area (Å²) in [7, 11) is -3.62. The van der Waals surface area contributed by atoms with Gasteiger partial charge in [-0.25, -0.2) is 13.6 Å². The van der Waals surface area contributed by atoms with Crippen molar-refractivity contribution in [3.05, 3.63) is 24.3 Å². The van der Waals surface area contributed by atoms with Crippen molar-refractivity contribution in [3.8, 4) is 0 Å². The Morgan fingerprint density at radius 2 is 1.95 bits per heavy atom. The van der Waals surface area contributed by atoms with Gasteiger partial charge in [-0.2, -0.15) is 0 Å². The van der Waals surface area contributed by atoms with E-state index in [0.717, 1.165) is 23.3 Å². The lowest BCUT2D eigenvalue weighted by atomic mass is 10.3. The van der Waals surface area contributed by atoms with Gasteiger partial charge in [0.1, 0.15) is 0 Å². The quantitative estimate of drug-likeness (QED) is 0.888. The number of aliphatic imine (C=N–C) groups is 1. The second-order valence-electron chi connectivity index (χ2n) is 4.83. The molecule has 3 rings (SSSR count). The molecule has 1 saturated carbocycles. The van der Waals surface area contributed by atoms with E-state index in [2.05, 4.69) is 10.3 Å². The Hall–Kier alpha value is -1.05. The summed E-state index contributed by atoms with van der Waals surface area (Å²) in [5, 5.41) is 9.80. The molecule has 1 aliphatic carbocycles. The van der Waals surface area contributed by atoms with E-state index in [1.165, 1.54) is 25.0 Å². The van der Waals surface area contributed by atoms with E-state index in [-0.39, 0.29) is 4.90 Å². The Bertz CT molecular complexity index is 606. The molecule has 7 heteroatoms. The smallest absolute Gasteiger partial charge is 0.238 e. The van der Waals surface area contributed by atoms with Crippen LogP contribution in [0.25, 0.3) is 0 Å². The van der Waals surface area contributed by atoms with Crippen LogP contribution in [0, 0.1) is 5.92 Å². The minimum Gasteiger partial charge on any atom is -0.335 e. The number of thioether (sulfide) groups is 1. The summed E-state index contributed by atoms with van der Waals surface area (Å²) in [4.78, 5) is 4.59. The molecule has 1 aliphatic heterocycles. The van der Waals surface area contributed by atoms with Gasteiger partial charge in [0.05, 0.1) is 11.4 Å². The number of primary sulfonamides is 1. The molecule has 1 unspecified atom stereocenters. The lowest BCUT2D eigenvalue weighted by Gasteiger charge is -2.08. The van der Waals surface area contributed by atoms with Gasteiger partial charge < -0.3 is 5.32 Å². The molecule has 0 radical (unpaired) electrons. The van der Waals surface area contributed by atoms with Crippen LogP contribution >= 0.6 is 11.8 Å². The minimum atomic E-state index is -3.62. The van der Waals surface area contributed by atoms with Crippen LogP contribution in [0.2, 0.25) is 0 Å². The lowest BCUT2D eigenvalue weighted by molar-refractivity contribution is 0.598. The van der Waals surface area contributed by atoms with Gasteiger partial charge in [-0.05, 0) is 43.0 Å². The second-order valence-corrected chi connectivity index (χ2v) is 7.62. The summed E-state index contributed by atoms with van der Waals surface area (Å²) in [6.45, 7) is 0.882. The highest BCUT2D eigenvalue weighted by Crippen LogP contribution is 2.41. The largest absolute Gasteiger partial charge is 0.335 e. The van der Waals surface area contributed by atoms with E-state index >= 15 is 0 Å². The number of hydrogen-bond acceptors (Lipinski definition) is 5. The predicted octanol–water partition coefficient (Wildman–Crippen LogP) is 1.63. The summed E-state index contributed by atoms with van der Waals surface area (Å²) < 4.78 is 22.3. The van der Waals surface area contributed by atoms with Crippen molar-refractivity contribution >= 4 is 32.6 Å². The third kappa shape index (κ3) is 3.10. The van der Waals surface area contributed by atoms with Gasteiger partial charge in [-0.15, -0.1) is 0 Å². The van der Waals surface area contributed by atoms with Gasteiger partial charge in [-0.1, -0.05) is 11.8 Å². The number of benzene rings is 1. The zero-order chi connectivity index (χ0) is 13.5. The van der Waals surface area contributed by atoms with Gasteiger partial charge in [0, 0.05) is 10.9 Å². The molecule has 3 N–H and O–H groups in total. The van der Waals surface area contributed by atoms with Crippen molar-refractivity contribution in [3.63, 3.8) is 0 Å². The topological polar surface area (TPSA) is 84.5 Å². The molecular formula is C12H15N3O2S2. The van der Waals surface area contributed by atoms with Gasteiger partial charge in [-0.3, -0.25) is 4.99 Å². The molecule has 2 aliphatic rings. The molecule has 102 valence electrons. The summed E-state index contributed by atoms with van der Waals surface area (Å²) in [5.74, 6) is 0.831. The first-order chi connectivity index (χ1) is 9.02. The monoisotopic (exact) mass is 297 g/mol. The number of nitrogens with zero attached hydrogens (tertiary/aromatic N) is 1. The highest BCUT2D eigenvalue weighted by Gasteiger charge is 2.35. The van der Waals surface area contributed by atoms with Gasteiger partial charge in [0.25, 0.3) is 0 Å². The molecule has 1 aromatic carbocycles. The van der Waals surface area contributed by atoms with Crippen LogP contribution in [-0.4, -0.2) is 25.4 Å². The van der Waals surface area contributed by atoms with Crippen molar-refractivity contribution in [1.82, 2.24) is 0 Å². The highest BCUT2D eigenvalue weighted by atomic mass is 32.2. The lowest BCUT2D eigenvalue weighted by Crippen LogP contribution is -2.12. The maximum Gasteiger partial charge on any atom is 0.238 e. The fraction of sp³-hybridized carbons (Fsp3) is 0.417. The van der Waals surface area contributed by atoms with Gasteiger partial charge >= 0.3 is 0 Å². The van der Waals surface area contributed by atoms with Crippen LogP contribution in [0.5, 0.6) is 0 Å². The number of amidine groups is 1. The van der Waals surface area contributed by atoms with E-state index in [0.29, 0.717) is 5.25 Å². The standard InChI is InChI=1S/C12H15N3O2S2/c13-19(16,17)10-5-3-9(4-6-10)15-12-14-7-11(18-12)8-1-2-8/h3-6,8,11H,1-2,7H2,(H,14,15)(H2,13,16,17). The molecule has 0 aromatic heterocycles. The average molecular weight is 297 g/mol. The fourth-order valence-corrected chi connectivity index (χ4v) is 3.77. The van der Waals surface area contributed by atoms with Crippen LogP contribution in [-0.2, 0) is 10.0 Å². The number of nitrogens with one attached hydrogen (secondary N) is 1. The third-order valence-electron chi connectivity index (χ3n) is 3.26. The Labute approximate surface area is 116 Å². The molecule has 0 saturated heterocycles. The molecule has 5 nitrogen and oxygen atoms in total. The summed E-state index contributed by atoms with van der Waals surface area (Å²) in [6, 6.07) is 6.40. The maximum absolute atomic E-state index is 11.1. The van der Waals surface area contributed by atoms with Crippen LogP contribution in [0.4, 0.5) is 5.69 Å². The molecule has 0 bridgehead atoms. The first-order valence-electron chi connectivity index (χ1n) is 6.13.